The number of amides is 2. The summed E-state index contributed by atoms with van der Waals surface area (Å²) in [4.78, 5) is 22.7. The van der Waals surface area contributed by atoms with E-state index in [1.54, 1.807) is 20.8 Å². The lowest BCUT2D eigenvalue weighted by molar-refractivity contribution is -0.120. The molecule has 4 N–H and O–H groups in total. The Bertz CT molecular complexity index is 322. The molecule has 1 unspecified atom stereocenters. The summed E-state index contributed by atoms with van der Waals surface area (Å²) in [5.41, 5.74) is 4.80. The molecule has 0 aromatic carbocycles. The highest BCUT2D eigenvalue weighted by molar-refractivity contribution is 5.79. The van der Waals surface area contributed by atoms with Crippen molar-refractivity contribution in [1.29, 1.82) is 0 Å². The van der Waals surface area contributed by atoms with Gasteiger partial charge >= 0.3 is 6.09 Å². The molecule has 1 fully saturated rings. The normalized spacial score (nSPS) is 16.8. The standard InChI is InChI=1S/C13H25N3O3/c1-13(2,3)19-12(18)15-7-6-10(11(14)17)16-8-9-4-5-9/h9-10,16H,4-8H2,1-3H3,(H2,14,17)(H,15,18). The highest BCUT2D eigenvalue weighted by Crippen LogP contribution is 2.27. The van der Waals surface area contributed by atoms with Crippen molar-refractivity contribution in [3.05, 3.63) is 0 Å². The second kappa shape index (κ2) is 6.75. The molecule has 0 spiro atoms. The zero-order chi connectivity index (χ0) is 14.5. The molecule has 1 rings (SSSR count). The van der Waals surface area contributed by atoms with Gasteiger partial charge in [0.1, 0.15) is 5.60 Å². The molecule has 110 valence electrons. The molecule has 6 nitrogen and oxygen atoms in total. The van der Waals surface area contributed by atoms with E-state index in [2.05, 4.69) is 10.6 Å². The highest BCUT2D eigenvalue weighted by Gasteiger charge is 2.24. The van der Waals surface area contributed by atoms with E-state index < -0.39 is 17.7 Å². The monoisotopic (exact) mass is 271 g/mol. The van der Waals surface area contributed by atoms with Gasteiger partial charge in [0.25, 0.3) is 0 Å². The molecular weight excluding hydrogens is 246 g/mol. The minimum Gasteiger partial charge on any atom is -0.444 e. The lowest BCUT2D eigenvalue weighted by Gasteiger charge is -2.20. The first kappa shape index (κ1) is 15.8. The molecule has 6 heteroatoms. The van der Waals surface area contributed by atoms with Crippen molar-refractivity contribution < 1.29 is 14.3 Å². The van der Waals surface area contributed by atoms with Gasteiger partial charge in [0, 0.05) is 6.54 Å². The second-order valence-electron chi connectivity index (χ2n) is 6.02. The van der Waals surface area contributed by atoms with Crippen LogP contribution in [-0.2, 0) is 9.53 Å². The maximum Gasteiger partial charge on any atom is 0.407 e. The number of hydrogen-bond donors (Lipinski definition) is 3. The Morgan fingerprint density at radius 3 is 2.47 bits per heavy atom. The third-order valence-corrected chi connectivity index (χ3v) is 2.79. The average molecular weight is 271 g/mol. The van der Waals surface area contributed by atoms with Crippen LogP contribution < -0.4 is 16.4 Å². The van der Waals surface area contributed by atoms with Crippen LogP contribution in [0.2, 0.25) is 0 Å². The lowest BCUT2D eigenvalue weighted by Crippen LogP contribution is -2.44. The van der Waals surface area contributed by atoms with E-state index in [9.17, 15) is 9.59 Å². The topological polar surface area (TPSA) is 93.4 Å². The predicted molar refractivity (Wildman–Crippen MR) is 72.6 cm³/mol. The van der Waals surface area contributed by atoms with Crippen LogP contribution in [0, 0.1) is 5.92 Å². The van der Waals surface area contributed by atoms with Crippen LogP contribution in [0.15, 0.2) is 0 Å². The third-order valence-electron chi connectivity index (χ3n) is 2.79. The van der Waals surface area contributed by atoms with Gasteiger partial charge in [-0.25, -0.2) is 4.79 Å². The van der Waals surface area contributed by atoms with Gasteiger partial charge < -0.3 is 21.1 Å². The van der Waals surface area contributed by atoms with E-state index in [0.717, 1.165) is 6.54 Å². The van der Waals surface area contributed by atoms with Gasteiger partial charge in [0.15, 0.2) is 0 Å². The van der Waals surface area contributed by atoms with Crippen molar-refractivity contribution in [3.63, 3.8) is 0 Å². The Labute approximate surface area is 114 Å². The van der Waals surface area contributed by atoms with Crippen molar-refractivity contribution in [3.8, 4) is 0 Å². The van der Waals surface area contributed by atoms with E-state index in [0.29, 0.717) is 18.9 Å². The van der Waals surface area contributed by atoms with Crippen LogP contribution in [0.3, 0.4) is 0 Å². The fraction of sp³-hybridized carbons (Fsp3) is 0.846. The van der Waals surface area contributed by atoms with Crippen LogP contribution in [0.25, 0.3) is 0 Å². The number of nitrogens with two attached hydrogens (primary N) is 1. The number of nitrogens with one attached hydrogen (secondary N) is 2. The van der Waals surface area contributed by atoms with E-state index in [1.165, 1.54) is 12.8 Å². The Hall–Kier alpha value is -1.30. The Balaban J connectivity index is 2.19. The van der Waals surface area contributed by atoms with Crippen LogP contribution >= 0.6 is 0 Å². The maximum atomic E-state index is 11.4. The first-order valence-corrected chi connectivity index (χ1v) is 6.77. The van der Waals surface area contributed by atoms with Crippen LogP contribution in [-0.4, -0.2) is 36.7 Å². The largest absolute Gasteiger partial charge is 0.444 e. The zero-order valence-electron chi connectivity index (χ0n) is 12.0. The van der Waals surface area contributed by atoms with Crippen molar-refractivity contribution in [2.45, 2.75) is 51.7 Å². The summed E-state index contributed by atoms with van der Waals surface area (Å²) in [5.74, 6) is 0.298. The summed E-state index contributed by atoms with van der Waals surface area (Å²) in [6, 6.07) is -0.393. The highest BCUT2D eigenvalue weighted by atomic mass is 16.6. The number of primary amides is 1. The number of rotatable bonds is 7. The summed E-state index contributed by atoms with van der Waals surface area (Å²) in [5, 5.41) is 5.76. The maximum absolute atomic E-state index is 11.4. The van der Waals surface area contributed by atoms with Crippen molar-refractivity contribution >= 4 is 12.0 Å². The molecule has 1 atom stereocenters. The number of ether oxygens (including phenoxy) is 1. The van der Waals surface area contributed by atoms with Crippen molar-refractivity contribution in [2.75, 3.05) is 13.1 Å². The van der Waals surface area contributed by atoms with E-state index in [-0.39, 0.29) is 5.91 Å². The molecule has 1 aliphatic rings. The molecule has 0 radical (unpaired) electrons. The van der Waals surface area contributed by atoms with Crippen molar-refractivity contribution in [1.82, 2.24) is 10.6 Å². The van der Waals surface area contributed by atoms with Crippen molar-refractivity contribution in [2.24, 2.45) is 11.7 Å². The van der Waals surface area contributed by atoms with E-state index in [1.807, 2.05) is 0 Å². The quantitative estimate of drug-likeness (QED) is 0.637. The fourth-order valence-corrected chi connectivity index (χ4v) is 1.61. The third kappa shape index (κ3) is 7.66. The van der Waals surface area contributed by atoms with Crippen LogP contribution in [0.1, 0.15) is 40.0 Å². The fourth-order valence-electron chi connectivity index (χ4n) is 1.61. The van der Waals surface area contributed by atoms with Gasteiger partial charge in [-0.15, -0.1) is 0 Å². The molecule has 0 aromatic heterocycles. The minimum absolute atomic E-state index is 0.361. The molecule has 1 aliphatic carbocycles. The van der Waals surface area contributed by atoms with E-state index in [4.69, 9.17) is 10.5 Å². The van der Waals surface area contributed by atoms with Gasteiger partial charge in [-0.1, -0.05) is 0 Å². The average Bonchev–Trinajstić information content (AvgIpc) is 3.03. The van der Waals surface area contributed by atoms with E-state index >= 15 is 0 Å². The molecule has 0 heterocycles. The summed E-state index contributed by atoms with van der Waals surface area (Å²) in [6.07, 6.45) is 2.43. The Kier molecular flexibility index (Phi) is 5.60. The molecule has 0 aromatic rings. The Morgan fingerprint density at radius 1 is 1.37 bits per heavy atom. The first-order chi connectivity index (χ1) is 8.78. The van der Waals surface area contributed by atoms with Gasteiger partial charge in [-0.2, -0.15) is 0 Å². The van der Waals surface area contributed by atoms with Crippen LogP contribution in [0.5, 0.6) is 0 Å². The molecule has 1 saturated carbocycles. The number of carbonyl (C=O) groups is 2. The lowest BCUT2D eigenvalue weighted by atomic mass is 10.2. The molecule has 0 bridgehead atoms. The molecule has 0 saturated heterocycles. The predicted octanol–water partition coefficient (Wildman–Crippen LogP) is 0.755. The van der Waals surface area contributed by atoms with Crippen LogP contribution in [0.4, 0.5) is 4.79 Å². The zero-order valence-corrected chi connectivity index (χ0v) is 12.0. The van der Waals surface area contributed by atoms with Gasteiger partial charge in [0.2, 0.25) is 5.91 Å². The summed E-state index contributed by atoms with van der Waals surface area (Å²) >= 11 is 0. The van der Waals surface area contributed by atoms with Gasteiger partial charge in [0.05, 0.1) is 6.04 Å². The number of hydrogen-bond acceptors (Lipinski definition) is 4. The molecule has 19 heavy (non-hydrogen) atoms. The molecule has 2 amide bonds. The molecular formula is C13H25N3O3. The van der Waals surface area contributed by atoms with Gasteiger partial charge in [-0.3, -0.25) is 4.79 Å². The number of alkyl carbamates (subject to hydrolysis) is 1. The summed E-state index contributed by atoms with van der Waals surface area (Å²) in [7, 11) is 0. The summed E-state index contributed by atoms with van der Waals surface area (Å²) < 4.78 is 5.10. The first-order valence-electron chi connectivity index (χ1n) is 6.77. The number of carbonyl (C=O) groups excluding carboxylic acids is 2. The Morgan fingerprint density at radius 2 is 2.00 bits per heavy atom. The molecule has 0 aliphatic heterocycles. The second-order valence-corrected chi connectivity index (χ2v) is 6.02. The smallest absolute Gasteiger partial charge is 0.407 e. The minimum atomic E-state index is -0.516. The SMILES string of the molecule is CC(C)(C)OC(=O)NCCC(NCC1CC1)C(N)=O. The van der Waals surface area contributed by atoms with Gasteiger partial charge in [-0.05, 0) is 52.5 Å². The summed E-state index contributed by atoms with van der Waals surface area (Å²) in [6.45, 7) is 6.59.